The highest BCUT2D eigenvalue weighted by Crippen LogP contribution is 2.06. The summed E-state index contributed by atoms with van der Waals surface area (Å²) < 4.78 is 22.8. The number of benzene rings is 1. The molecule has 8 heteroatoms. The van der Waals surface area contributed by atoms with Gasteiger partial charge in [0.05, 0.1) is 11.5 Å². The first kappa shape index (κ1) is 20.1. The second-order valence-electron chi connectivity index (χ2n) is 6.18. The van der Waals surface area contributed by atoms with Gasteiger partial charge in [-0.15, -0.1) is 6.58 Å². The summed E-state index contributed by atoms with van der Waals surface area (Å²) in [4.78, 5) is 26.2. The molecule has 1 aromatic rings. The molecule has 1 aliphatic rings. The molecule has 2 amide bonds. The van der Waals surface area contributed by atoms with Crippen molar-refractivity contribution >= 4 is 21.7 Å². The minimum atomic E-state index is -2.86. The fraction of sp³-hybridized carbons (Fsp3) is 0.444. The molecule has 2 rings (SSSR count). The second kappa shape index (κ2) is 9.49. The van der Waals surface area contributed by atoms with E-state index >= 15 is 0 Å². The number of carbonyl (C=O) groups excluding carboxylic acids is 2. The van der Waals surface area contributed by atoms with Crippen molar-refractivity contribution in [3.63, 3.8) is 0 Å². The number of hydrogen-bond donors (Lipinski definition) is 2. The molecule has 1 heterocycles. The van der Waals surface area contributed by atoms with Crippen LogP contribution in [0.1, 0.15) is 27.1 Å². The van der Waals surface area contributed by atoms with Gasteiger partial charge in [-0.05, 0) is 31.2 Å². The molecule has 1 saturated heterocycles. The van der Waals surface area contributed by atoms with Crippen LogP contribution in [0.5, 0.6) is 0 Å². The fourth-order valence-corrected chi connectivity index (χ4v) is 3.93. The molecule has 2 N–H and O–H groups in total. The van der Waals surface area contributed by atoms with Gasteiger partial charge in [0.25, 0.3) is 11.8 Å². The van der Waals surface area contributed by atoms with Gasteiger partial charge in [-0.1, -0.05) is 12.1 Å². The van der Waals surface area contributed by atoms with Gasteiger partial charge in [-0.2, -0.15) is 0 Å². The van der Waals surface area contributed by atoms with Gasteiger partial charge in [0, 0.05) is 37.3 Å². The average Bonchev–Trinajstić information content (AvgIpc) is 2.64. The van der Waals surface area contributed by atoms with Crippen LogP contribution in [-0.4, -0.2) is 69.4 Å². The summed E-state index contributed by atoms with van der Waals surface area (Å²) in [5.74, 6) is -0.0654. The van der Waals surface area contributed by atoms with Crippen LogP contribution in [-0.2, 0) is 9.84 Å². The maximum atomic E-state index is 12.2. The lowest BCUT2D eigenvalue weighted by molar-refractivity contribution is 0.0951. The molecule has 1 aliphatic heterocycles. The Morgan fingerprint density at radius 2 is 1.73 bits per heavy atom. The minimum Gasteiger partial charge on any atom is -0.352 e. The molecule has 0 aliphatic carbocycles. The molecule has 0 radical (unpaired) electrons. The first-order valence-electron chi connectivity index (χ1n) is 8.61. The Hall–Kier alpha value is -2.19. The predicted molar refractivity (Wildman–Crippen MR) is 101 cm³/mol. The Kier molecular flexibility index (Phi) is 7.35. The molecule has 1 fully saturated rings. The Balaban J connectivity index is 1.76. The summed E-state index contributed by atoms with van der Waals surface area (Å²) in [6.07, 6.45) is 2.33. The third-order valence-corrected chi connectivity index (χ3v) is 5.78. The van der Waals surface area contributed by atoms with E-state index in [1.54, 1.807) is 30.3 Å². The summed E-state index contributed by atoms with van der Waals surface area (Å²) in [7, 11) is -2.86. The number of nitrogens with zero attached hydrogens (tertiary/aromatic N) is 1. The van der Waals surface area contributed by atoms with Crippen molar-refractivity contribution in [1.82, 2.24) is 15.5 Å². The number of amides is 2. The van der Waals surface area contributed by atoms with E-state index in [2.05, 4.69) is 22.1 Å². The van der Waals surface area contributed by atoms with E-state index in [1.807, 2.05) is 0 Å². The van der Waals surface area contributed by atoms with E-state index in [0.29, 0.717) is 37.3 Å². The zero-order valence-corrected chi connectivity index (χ0v) is 15.6. The number of sulfone groups is 1. The first-order valence-corrected chi connectivity index (χ1v) is 10.4. The first-order chi connectivity index (χ1) is 12.4. The lowest BCUT2D eigenvalue weighted by atomic mass is 10.1. The van der Waals surface area contributed by atoms with Gasteiger partial charge in [-0.25, -0.2) is 8.42 Å². The number of rotatable bonds is 8. The molecule has 0 bridgehead atoms. The van der Waals surface area contributed by atoms with E-state index in [1.165, 1.54) is 0 Å². The molecule has 0 unspecified atom stereocenters. The van der Waals surface area contributed by atoms with Crippen LogP contribution in [0.2, 0.25) is 0 Å². The quantitative estimate of drug-likeness (QED) is 0.505. The highest BCUT2D eigenvalue weighted by Gasteiger charge is 2.20. The molecule has 0 saturated carbocycles. The van der Waals surface area contributed by atoms with Crippen LogP contribution < -0.4 is 10.6 Å². The molecule has 7 nitrogen and oxygen atoms in total. The summed E-state index contributed by atoms with van der Waals surface area (Å²) in [6.45, 7) is 6.26. The topological polar surface area (TPSA) is 95.6 Å². The van der Waals surface area contributed by atoms with Gasteiger partial charge in [0.2, 0.25) is 0 Å². The largest absolute Gasteiger partial charge is 0.352 e. The van der Waals surface area contributed by atoms with Crippen LogP contribution in [0.25, 0.3) is 0 Å². The van der Waals surface area contributed by atoms with E-state index in [9.17, 15) is 18.0 Å². The molecule has 0 atom stereocenters. The van der Waals surface area contributed by atoms with Gasteiger partial charge in [0.1, 0.15) is 0 Å². The highest BCUT2D eigenvalue weighted by atomic mass is 32.2. The maximum Gasteiger partial charge on any atom is 0.251 e. The molecule has 26 heavy (non-hydrogen) atoms. The Bertz CT molecular complexity index is 747. The van der Waals surface area contributed by atoms with E-state index in [4.69, 9.17) is 0 Å². The lowest BCUT2D eigenvalue weighted by Gasteiger charge is -2.26. The smallest absolute Gasteiger partial charge is 0.251 e. The summed E-state index contributed by atoms with van der Waals surface area (Å²) >= 11 is 0. The van der Waals surface area contributed by atoms with Crippen molar-refractivity contribution in [1.29, 1.82) is 0 Å². The Morgan fingerprint density at radius 1 is 1.12 bits per heavy atom. The molecular formula is C18H25N3O4S. The average molecular weight is 379 g/mol. The zero-order valence-electron chi connectivity index (χ0n) is 14.7. The summed E-state index contributed by atoms with van der Waals surface area (Å²) in [6, 6.07) is 6.55. The third kappa shape index (κ3) is 6.27. The molecule has 1 aromatic carbocycles. The summed E-state index contributed by atoms with van der Waals surface area (Å²) in [5.41, 5.74) is 0.856. The van der Waals surface area contributed by atoms with Crippen molar-refractivity contribution in [3.8, 4) is 0 Å². The summed E-state index contributed by atoms with van der Waals surface area (Å²) in [5, 5.41) is 5.50. The SMILES string of the molecule is C=CCNC(=O)c1cccc(C(=O)NCCCN2CCS(=O)(=O)CC2)c1. The number of nitrogens with one attached hydrogen (secondary N) is 2. The highest BCUT2D eigenvalue weighted by molar-refractivity contribution is 7.91. The normalized spacial score (nSPS) is 16.6. The molecule has 0 aromatic heterocycles. The van der Waals surface area contributed by atoms with E-state index in [0.717, 1.165) is 13.0 Å². The fourth-order valence-electron chi connectivity index (χ4n) is 2.65. The second-order valence-corrected chi connectivity index (χ2v) is 8.49. The standard InChI is InChI=1S/C18H25N3O4S/c1-2-7-19-17(22)15-5-3-6-16(14-15)18(23)20-8-4-9-21-10-12-26(24,25)13-11-21/h2-3,5-6,14H,1,4,7-13H2,(H,19,22)(H,20,23). The van der Waals surface area contributed by atoms with Crippen LogP contribution in [0.15, 0.2) is 36.9 Å². The third-order valence-electron chi connectivity index (χ3n) is 4.17. The van der Waals surface area contributed by atoms with Gasteiger partial charge >= 0.3 is 0 Å². The number of carbonyl (C=O) groups is 2. The zero-order chi connectivity index (χ0) is 19.0. The Labute approximate surface area is 154 Å². The van der Waals surface area contributed by atoms with Gasteiger partial charge in [-0.3, -0.25) is 9.59 Å². The van der Waals surface area contributed by atoms with E-state index < -0.39 is 9.84 Å². The monoisotopic (exact) mass is 379 g/mol. The molecule has 142 valence electrons. The predicted octanol–water partition coefficient (Wildman–Crippen LogP) is 0.453. The van der Waals surface area contributed by atoms with Crippen molar-refractivity contribution < 1.29 is 18.0 Å². The number of hydrogen-bond acceptors (Lipinski definition) is 5. The lowest BCUT2D eigenvalue weighted by Crippen LogP contribution is -2.41. The van der Waals surface area contributed by atoms with E-state index in [-0.39, 0.29) is 23.3 Å². The van der Waals surface area contributed by atoms with Gasteiger partial charge in [0.15, 0.2) is 9.84 Å². The van der Waals surface area contributed by atoms with Crippen molar-refractivity contribution in [2.75, 3.05) is 44.2 Å². The molecular weight excluding hydrogens is 354 g/mol. The van der Waals surface area contributed by atoms with Crippen LogP contribution in [0.3, 0.4) is 0 Å². The van der Waals surface area contributed by atoms with Gasteiger partial charge < -0.3 is 15.5 Å². The maximum absolute atomic E-state index is 12.2. The van der Waals surface area contributed by atoms with Crippen LogP contribution in [0.4, 0.5) is 0 Å². The Morgan fingerprint density at radius 3 is 2.35 bits per heavy atom. The van der Waals surface area contributed by atoms with Crippen molar-refractivity contribution in [3.05, 3.63) is 48.0 Å². The van der Waals surface area contributed by atoms with Crippen LogP contribution in [0, 0.1) is 0 Å². The van der Waals surface area contributed by atoms with Crippen molar-refractivity contribution in [2.24, 2.45) is 0 Å². The molecule has 0 spiro atoms. The minimum absolute atomic E-state index is 0.208. The van der Waals surface area contributed by atoms with Crippen molar-refractivity contribution in [2.45, 2.75) is 6.42 Å². The van der Waals surface area contributed by atoms with Crippen LogP contribution >= 0.6 is 0 Å².